The van der Waals surface area contributed by atoms with Crippen LogP contribution in [0.3, 0.4) is 0 Å². The summed E-state index contributed by atoms with van der Waals surface area (Å²) in [7, 11) is 0. The van der Waals surface area contributed by atoms with Gasteiger partial charge in [-0.25, -0.2) is 0 Å². The number of nitrogens with zero attached hydrogens (tertiary/aromatic N) is 3. The second kappa shape index (κ2) is 6.13. The van der Waals surface area contributed by atoms with Gasteiger partial charge in [-0.15, -0.1) is 0 Å². The van der Waals surface area contributed by atoms with Gasteiger partial charge in [-0.1, -0.05) is 23.5 Å². The van der Waals surface area contributed by atoms with Gasteiger partial charge in [0.15, 0.2) is 4.80 Å². The van der Waals surface area contributed by atoms with Gasteiger partial charge in [0.05, 0.1) is 15.1 Å². The van der Waals surface area contributed by atoms with Gasteiger partial charge in [-0.05, 0) is 31.2 Å². The van der Waals surface area contributed by atoms with Crippen molar-refractivity contribution in [2.45, 2.75) is 13.5 Å². The number of hydrogen-bond acceptors (Lipinski definition) is 4. The lowest BCUT2D eigenvalue weighted by molar-refractivity contribution is -0.384. The van der Waals surface area contributed by atoms with Crippen LogP contribution in [0.1, 0.15) is 17.3 Å². The first-order chi connectivity index (χ1) is 11.1. The highest BCUT2D eigenvalue weighted by Crippen LogP contribution is 2.17. The van der Waals surface area contributed by atoms with E-state index >= 15 is 0 Å². The van der Waals surface area contributed by atoms with E-state index in [1.165, 1.54) is 35.6 Å². The summed E-state index contributed by atoms with van der Waals surface area (Å²) in [5.41, 5.74) is 1.32. The van der Waals surface area contributed by atoms with Gasteiger partial charge < -0.3 is 4.57 Å². The van der Waals surface area contributed by atoms with Crippen LogP contribution >= 0.6 is 11.3 Å². The summed E-state index contributed by atoms with van der Waals surface area (Å²) < 4.78 is 3.04. The van der Waals surface area contributed by atoms with Crippen LogP contribution in [0.15, 0.2) is 53.5 Å². The maximum absolute atomic E-state index is 12.3. The molecule has 6 nitrogen and oxygen atoms in total. The SMILES string of the molecule is CCn1c(=NC(=O)c2ccc([N+](=O)[O-])cc2)sc2ccccc21. The molecular formula is C16H13N3O3S. The van der Waals surface area contributed by atoms with Crippen LogP contribution in [0.5, 0.6) is 0 Å². The molecule has 0 bridgehead atoms. The highest BCUT2D eigenvalue weighted by molar-refractivity contribution is 7.16. The molecule has 0 spiro atoms. The number of nitro benzene ring substituents is 1. The molecule has 0 saturated carbocycles. The topological polar surface area (TPSA) is 77.5 Å². The number of aromatic nitrogens is 1. The Morgan fingerprint density at radius 3 is 2.57 bits per heavy atom. The summed E-state index contributed by atoms with van der Waals surface area (Å²) in [4.78, 5) is 27.3. The molecule has 7 heteroatoms. The van der Waals surface area contributed by atoms with Crippen molar-refractivity contribution in [3.63, 3.8) is 0 Å². The van der Waals surface area contributed by atoms with E-state index in [0.717, 1.165) is 10.2 Å². The van der Waals surface area contributed by atoms with Gasteiger partial charge in [-0.2, -0.15) is 4.99 Å². The van der Waals surface area contributed by atoms with Crippen molar-refractivity contribution >= 4 is 33.1 Å². The largest absolute Gasteiger partial charge is 0.317 e. The average molecular weight is 327 g/mol. The number of carbonyl (C=O) groups is 1. The molecule has 0 fully saturated rings. The molecule has 3 aromatic rings. The Balaban J connectivity index is 2.03. The molecule has 0 aliphatic carbocycles. The minimum atomic E-state index is -0.498. The van der Waals surface area contributed by atoms with Crippen molar-refractivity contribution in [3.8, 4) is 0 Å². The maximum atomic E-state index is 12.3. The number of benzene rings is 2. The molecule has 1 amide bonds. The molecule has 23 heavy (non-hydrogen) atoms. The van der Waals surface area contributed by atoms with Gasteiger partial charge in [0.2, 0.25) is 0 Å². The fourth-order valence-corrected chi connectivity index (χ4v) is 3.38. The first-order valence-electron chi connectivity index (χ1n) is 7.02. The standard InChI is InChI=1S/C16H13N3O3S/c1-2-18-13-5-3-4-6-14(13)23-16(18)17-15(20)11-7-9-12(10-8-11)19(21)22/h3-10H,2H2,1H3. The monoisotopic (exact) mass is 327 g/mol. The highest BCUT2D eigenvalue weighted by atomic mass is 32.1. The number of thiazole rings is 1. The van der Waals surface area contributed by atoms with E-state index in [0.29, 0.717) is 16.9 Å². The Labute approximate surface area is 135 Å². The molecule has 3 rings (SSSR count). The summed E-state index contributed by atoms with van der Waals surface area (Å²) in [6, 6.07) is 13.3. The molecule has 2 aromatic carbocycles. The van der Waals surface area contributed by atoms with Crippen molar-refractivity contribution < 1.29 is 9.72 Å². The lowest BCUT2D eigenvalue weighted by Crippen LogP contribution is -2.15. The number of amides is 1. The van der Waals surface area contributed by atoms with Crippen molar-refractivity contribution in [1.82, 2.24) is 4.57 Å². The Morgan fingerprint density at radius 1 is 1.22 bits per heavy atom. The Bertz CT molecular complexity index is 955. The van der Waals surface area contributed by atoms with E-state index in [-0.39, 0.29) is 5.69 Å². The number of carbonyl (C=O) groups excluding carboxylic acids is 1. The molecule has 1 aromatic heterocycles. The number of hydrogen-bond donors (Lipinski definition) is 0. The van der Waals surface area contributed by atoms with E-state index in [2.05, 4.69) is 4.99 Å². The third-order valence-electron chi connectivity index (χ3n) is 3.43. The molecule has 0 radical (unpaired) electrons. The number of aryl methyl sites for hydroxylation is 1. The predicted molar refractivity (Wildman–Crippen MR) is 88.5 cm³/mol. The molecule has 0 aliphatic rings. The first-order valence-corrected chi connectivity index (χ1v) is 7.83. The quantitative estimate of drug-likeness (QED) is 0.546. The molecule has 1 heterocycles. The zero-order chi connectivity index (χ0) is 16.4. The highest BCUT2D eigenvalue weighted by Gasteiger charge is 2.10. The van der Waals surface area contributed by atoms with E-state index in [9.17, 15) is 14.9 Å². The summed E-state index contributed by atoms with van der Waals surface area (Å²) >= 11 is 1.45. The second-order valence-corrected chi connectivity index (χ2v) is 5.83. The van der Waals surface area contributed by atoms with Crippen LogP contribution in [-0.4, -0.2) is 15.4 Å². The van der Waals surface area contributed by atoms with Gasteiger partial charge in [0, 0.05) is 24.2 Å². The molecular weight excluding hydrogens is 314 g/mol. The van der Waals surface area contributed by atoms with E-state index < -0.39 is 10.8 Å². The smallest absolute Gasteiger partial charge is 0.279 e. The number of nitro groups is 1. The number of rotatable bonds is 3. The van der Waals surface area contributed by atoms with Crippen molar-refractivity contribution in [3.05, 3.63) is 69.0 Å². The predicted octanol–water partition coefficient (Wildman–Crippen LogP) is 3.37. The van der Waals surface area contributed by atoms with Crippen LogP contribution < -0.4 is 4.80 Å². The van der Waals surface area contributed by atoms with Crippen molar-refractivity contribution in [1.29, 1.82) is 0 Å². The average Bonchev–Trinajstić information content (AvgIpc) is 2.91. The number of non-ortho nitro benzene ring substituents is 1. The minimum absolute atomic E-state index is 0.0490. The van der Waals surface area contributed by atoms with Crippen LogP contribution in [0.2, 0.25) is 0 Å². The summed E-state index contributed by atoms with van der Waals surface area (Å²) in [5.74, 6) is -0.409. The van der Waals surface area contributed by atoms with E-state index in [1.54, 1.807) is 0 Å². The Kier molecular flexibility index (Phi) is 4.03. The molecule has 0 aliphatic heterocycles. The van der Waals surface area contributed by atoms with E-state index in [1.807, 2.05) is 35.8 Å². The normalized spacial score (nSPS) is 11.8. The Hall–Kier alpha value is -2.80. The zero-order valence-electron chi connectivity index (χ0n) is 12.3. The molecule has 0 unspecified atom stereocenters. The lowest BCUT2D eigenvalue weighted by Gasteiger charge is -1.99. The van der Waals surface area contributed by atoms with Crippen LogP contribution in [0.4, 0.5) is 5.69 Å². The van der Waals surface area contributed by atoms with Gasteiger partial charge in [0.1, 0.15) is 0 Å². The summed E-state index contributed by atoms with van der Waals surface area (Å²) in [6.45, 7) is 2.70. The number of fused-ring (bicyclic) bond motifs is 1. The van der Waals surface area contributed by atoms with Crippen molar-refractivity contribution in [2.75, 3.05) is 0 Å². The molecule has 0 N–H and O–H groups in total. The minimum Gasteiger partial charge on any atom is -0.317 e. The van der Waals surface area contributed by atoms with Gasteiger partial charge >= 0.3 is 0 Å². The zero-order valence-corrected chi connectivity index (χ0v) is 13.1. The summed E-state index contributed by atoms with van der Waals surface area (Å²) in [5, 5.41) is 10.7. The fraction of sp³-hybridized carbons (Fsp3) is 0.125. The third kappa shape index (κ3) is 2.91. The van der Waals surface area contributed by atoms with Crippen molar-refractivity contribution in [2.24, 2.45) is 4.99 Å². The second-order valence-electron chi connectivity index (χ2n) is 4.82. The van der Waals surface area contributed by atoms with Crippen LogP contribution in [0, 0.1) is 10.1 Å². The lowest BCUT2D eigenvalue weighted by atomic mass is 10.2. The fourth-order valence-electron chi connectivity index (χ4n) is 2.29. The molecule has 0 atom stereocenters. The third-order valence-corrected chi connectivity index (χ3v) is 4.49. The van der Waals surface area contributed by atoms with E-state index in [4.69, 9.17) is 0 Å². The van der Waals surface area contributed by atoms with Gasteiger partial charge in [-0.3, -0.25) is 14.9 Å². The maximum Gasteiger partial charge on any atom is 0.279 e. The van der Waals surface area contributed by atoms with Crippen LogP contribution in [0.25, 0.3) is 10.2 Å². The van der Waals surface area contributed by atoms with Crippen LogP contribution in [-0.2, 0) is 6.54 Å². The molecule has 116 valence electrons. The summed E-state index contributed by atoms with van der Waals surface area (Å²) in [6.07, 6.45) is 0. The first kappa shape index (κ1) is 15.1. The number of para-hydroxylation sites is 1. The van der Waals surface area contributed by atoms with Gasteiger partial charge in [0.25, 0.3) is 11.6 Å². The molecule has 0 saturated heterocycles. The Morgan fingerprint density at radius 2 is 1.91 bits per heavy atom.